The number of carbonyl (C=O) groups excluding carboxylic acids is 1. The van der Waals surface area contributed by atoms with E-state index in [4.69, 9.17) is 5.53 Å². The first-order valence-corrected chi connectivity index (χ1v) is 28.7. The third kappa shape index (κ3) is 18.6. The van der Waals surface area contributed by atoms with Crippen molar-refractivity contribution in [1.29, 1.82) is 0 Å². The molecule has 1 amide bonds. The Hall–Kier alpha value is -4.44. The summed E-state index contributed by atoms with van der Waals surface area (Å²) in [7, 11) is -13.9. The predicted molar refractivity (Wildman–Crippen MR) is 273 cm³/mol. The molecular formula is C49H78N8O10S3. The summed E-state index contributed by atoms with van der Waals surface area (Å²) >= 11 is 0. The molecule has 0 aromatic heterocycles. The summed E-state index contributed by atoms with van der Waals surface area (Å²) in [6.07, 6.45) is 12.0. The van der Waals surface area contributed by atoms with Gasteiger partial charge in [-0.1, -0.05) is 43.6 Å². The first kappa shape index (κ1) is 61.7. The van der Waals surface area contributed by atoms with Gasteiger partial charge in [0, 0.05) is 77.6 Å². The molecule has 0 radical (unpaired) electrons. The van der Waals surface area contributed by atoms with Crippen LogP contribution in [0.5, 0.6) is 0 Å². The molecule has 2 aromatic rings. The molecule has 0 aliphatic carbocycles. The van der Waals surface area contributed by atoms with Gasteiger partial charge >= 0.3 is 0 Å². The topological polar surface area (TPSA) is 265 Å². The Morgan fingerprint density at radius 2 is 1.30 bits per heavy atom. The first-order chi connectivity index (χ1) is 32.8. The molecule has 2 heterocycles. The molecular weight excluding hydrogens is 957 g/mol. The smallest absolute Gasteiger partial charge is 0.219 e. The maximum Gasteiger partial charge on any atom is 0.219 e. The van der Waals surface area contributed by atoms with Crippen LogP contribution >= 0.6 is 0 Å². The summed E-state index contributed by atoms with van der Waals surface area (Å²) in [5.41, 5.74) is 10.9. The molecule has 3 N–H and O–H groups in total. The van der Waals surface area contributed by atoms with E-state index < -0.39 is 51.8 Å². The average Bonchev–Trinajstić information content (AvgIpc) is 3.63. The van der Waals surface area contributed by atoms with Crippen LogP contribution in [0.15, 0.2) is 87.4 Å². The van der Waals surface area contributed by atoms with Gasteiger partial charge in [0.2, 0.25) is 11.6 Å². The second-order valence-electron chi connectivity index (χ2n) is 18.2. The number of allylic oxidation sites excluding steroid dienone is 6. The van der Waals surface area contributed by atoms with Gasteiger partial charge < -0.3 is 33.7 Å². The predicted octanol–water partition coefficient (Wildman–Crippen LogP) is 4.84. The lowest BCUT2D eigenvalue weighted by Gasteiger charge is -2.27. The molecule has 4 rings (SSSR count). The molecule has 2 aliphatic rings. The number of carbonyl (C=O) groups is 1. The first-order valence-electron chi connectivity index (χ1n) is 24.4. The lowest BCUT2D eigenvalue weighted by atomic mass is 9.81. The standard InChI is InChI=1S/C37H48N6O10S3.2C6H15N/c1-36(2)29-25-27(55(48,49)50)16-18-31(29)42(22-10-6-9-15-35(44)39-20-11-21-40-41-38)33(36)13-7-5-8-14-34-37(3,4)30-26-28(56(51,52)53)17-19-32(30)43(34)23-12-24-54(45,46)47;2*1-4-7(5-2)6-3/h5,7-8,13-14,16-19,25-26H,6,9-12,15,20-24H2,1-4H3,(H3-,39,44,45,46,47,48,49,50,51,52,53);2*4-6H2,1-3H3. The highest BCUT2D eigenvalue weighted by Crippen LogP contribution is 2.48. The molecule has 0 atom stereocenters. The Labute approximate surface area is 418 Å². The summed E-state index contributed by atoms with van der Waals surface area (Å²) in [5.74, 6) is -0.685. The highest BCUT2D eigenvalue weighted by atomic mass is 32.2. The summed E-state index contributed by atoms with van der Waals surface area (Å²) in [4.78, 5) is 19.6. The van der Waals surface area contributed by atoms with E-state index in [1.54, 1.807) is 44.7 Å². The van der Waals surface area contributed by atoms with E-state index in [0.717, 1.165) is 17.8 Å². The number of nitrogens with one attached hydrogen (secondary N) is 3. The fourth-order valence-corrected chi connectivity index (χ4v) is 10.1. The number of fused-ring (bicyclic) bond motifs is 2. The van der Waals surface area contributed by atoms with Gasteiger partial charge in [-0.2, -0.15) is 4.58 Å². The zero-order valence-electron chi connectivity index (χ0n) is 42.9. The normalized spacial score (nSPS) is 15.8. The van der Waals surface area contributed by atoms with E-state index in [1.807, 2.05) is 33.8 Å². The second-order valence-corrected chi connectivity index (χ2v) is 22.5. The molecule has 0 saturated heterocycles. The number of nitrogens with zero attached hydrogens (tertiary/aromatic N) is 5. The molecule has 0 spiro atoms. The minimum absolute atomic E-state index is 0.0103. The Morgan fingerprint density at radius 3 is 1.81 bits per heavy atom. The third-order valence-corrected chi connectivity index (χ3v) is 15.4. The van der Waals surface area contributed by atoms with Gasteiger partial charge in [0.1, 0.15) is 26.8 Å². The van der Waals surface area contributed by atoms with E-state index in [1.165, 1.54) is 69.6 Å². The fourth-order valence-electron chi connectivity index (χ4n) is 8.60. The Balaban J connectivity index is 0.00000104. The van der Waals surface area contributed by atoms with Crippen molar-refractivity contribution in [2.45, 2.75) is 128 Å². The Morgan fingerprint density at radius 1 is 0.743 bits per heavy atom. The lowest BCUT2D eigenvalue weighted by molar-refractivity contribution is -0.894. The molecule has 18 nitrogen and oxygen atoms in total. The summed E-state index contributed by atoms with van der Waals surface area (Å²) < 4.78 is 107. The number of amides is 1. The Bertz CT molecular complexity index is 2540. The van der Waals surface area contributed by atoms with Crippen LogP contribution < -0.4 is 20.0 Å². The molecule has 0 fully saturated rings. The maximum atomic E-state index is 12.2. The zero-order valence-corrected chi connectivity index (χ0v) is 45.4. The van der Waals surface area contributed by atoms with Crippen molar-refractivity contribution in [3.05, 3.63) is 94.0 Å². The van der Waals surface area contributed by atoms with Gasteiger partial charge in [0.15, 0.2) is 5.71 Å². The molecule has 392 valence electrons. The van der Waals surface area contributed by atoms with Crippen molar-refractivity contribution in [2.24, 2.45) is 5.11 Å². The highest BCUT2D eigenvalue weighted by Gasteiger charge is 2.45. The monoisotopic (exact) mass is 1030 g/mol. The van der Waals surface area contributed by atoms with Gasteiger partial charge in [0.05, 0.1) is 64.6 Å². The van der Waals surface area contributed by atoms with Crippen LogP contribution in [-0.2, 0) is 46.0 Å². The van der Waals surface area contributed by atoms with E-state index in [0.29, 0.717) is 67.8 Å². The van der Waals surface area contributed by atoms with Crippen molar-refractivity contribution in [3.63, 3.8) is 0 Å². The molecule has 70 heavy (non-hydrogen) atoms. The van der Waals surface area contributed by atoms with Gasteiger partial charge in [-0.25, -0.2) is 25.3 Å². The SMILES string of the molecule is CC1(C)C(/C=C/C=C/C=C2/N(CCCCCC(=O)NCCCN=[N+]=[N-])c3ccc(S(=O)(=O)[O-])cc3C2(C)C)=[N+](CCCS(=O)(=O)[O-])c2ccc(S(=O)(=O)[O-])cc21.CC[NH+](CC)CC.CC[NH+](CC)CC. The second kappa shape index (κ2) is 28.6. The van der Waals surface area contributed by atoms with Crippen LogP contribution in [0.3, 0.4) is 0 Å². The van der Waals surface area contributed by atoms with Gasteiger partial charge in [0.25, 0.3) is 0 Å². The van der Waals surface area contributed by atoms with E-state index >= 15 is 0 Å². The number of unbranched alkanes of at least 4 members (excludes halogenated alkanes) is 2. The van der Waals surface area contributed by atoms with E-state index in [-0.39, 0.29) is 23.8 Å². The molecule has 21 heteroatoms. The largest absolute Gasteiger partial charge is 0.748 e. The number of hydrogen-bond acceptors (Lipinski definition) is 12. The zero-order chi connectivity index (χ0) is 52.9. The van der Waals surface area contributed by atoms with Crippen LogP contribution in [-0.4, -0.2) is 126 Å². The summed E-state index contributed by atoms with van der Waals surface area (Å²) in [5, 5.41) is 6.25. The van der Waals surface area contributed by atoms with Crippen LogP contribution in [0.25, 0.3) is 10.4 Å². The van der Waals surface area contributed by atoms with Crippen LogP contribution in [0, 0.1) is 0 Å². The molecule has 2 aromatic carbocycles. The van der Waals surface area contributed by atoms with Crippen molar-refractivity contribution in [3.8, 4) is 0 Å². The third-order valence-electron chi connectivity index (χ3n) is 12.9. The molecule has 2 aliphatic heterocycles. The minimum atomic E-state index is -4.75. The quantitative estimate of drug-likeness (QED) is 0.0230. The van der Waals surface area contributed by atoms with Crippen LogP contribution in [0.1, 0.15) is 119 Å². The van der Waals surface area contributed by atoms with E-state index in [9.17, 15) is 43.7 Å². The molecule has 0 bridgehead atoms. The number of benzene rings is 2. The molecule has 0 saturated carbocycles. The fraction of sp³-hybridized carbons (Fsp3) is 0.592. The van der Waals surface area contributed by atoms with Crippen LogP contribution in [0.4, 0.5) is 11.4 Å². The van der Waals surface area contributed by atoms with Gasteiger partial charge in [-0.05, 0) is 122 Å². The van der Waals surface area contributed by atoms with Crippen molar-refractivity contribution in [2.75, 3.05) is 76.1 Å². The maximum absolute atomic E-state index is 12.2. The van der Waals surface area contributed by atoms with Gasteiger partial charge in [-0.3, -0.25) is 4.79 Å². The number of quaternary nitrogens is 2. The summed E-state index contributed by atoms with van der Waals surface area (Å²) in [6.45, 7) is 29.9. The number of hydrogen-bond donors (Lipinski definition) is 3. The Kier molecular flexibility index (Phi) is 25.2. The molecule has 0 unspecified atom stereocenters. The summed E-state index contributed by atoms with van der Waals surface area (Å²) in [6, 6.07) is 8.35. The van der Waals surface area contributed by atoms with Crippen molar-refractivity contribution in [1.82, 2.24) is 5.32 Å². The lowest BCUT2D eigenvalue weighted by Crippen LogP contribution is -3.11. The van der Waals surface area contributed by atoms with Gasteiger partial charge in [-0.15, -0.1) is 0 Å². The van der Waals surface area contributed by atoms with Crippen molar-refractivity contribution >= 4 is 53.3 Å². The van der Waals surface area contributed by atoms with Crippen molar-refractivity contribution < 1.29 is 58.1 Å². The van der Waals surface area contributed by atoms with E-state index in [2.05, 4.69) is 61.8 Å². The van der Waals surface area contributed by atoms with Crippen LogP contribution in [0.2, 0.25) is 0 Å². The minimum Gasteiger partial charge on any atom is -0.748 e. The highest BCUT2D eigenvalue weighted by molar-refractivity contribution is 7.86. The average molecular weight is 1040 g/mol. The number of rotatable bonds is 25. The number of azide groups is 1. The number of anilines is 1.